The Labute approximate surface area is 263 Å². The summed E-state index contributed by atoms with van der Waals surface area (Å²) < 4.78 is 10.9. The molecule has 8 heteroatoms. The minimum atomic E-state index is -0.530. The molecular formula is C37H37N3O5. The van der Waals surface area contributed by atoms with Crippen molar-refractivity contribution in [2.24, 2.45) is 0 Å². The average Bonchev–Trinajstić information content (AvgIpc) is 3.98. The fraction of sp³-hybridized carbons (Fsp3) is 0.324. The third kappa shape index (κ3) is 6.34. The van der Waals surface area contributed by atoms with Crippen molar-refractivity contribution in [1.29, 1.82) is 0 Å². The number of methoxy groups -OCH3 is 2. The Bertz CT molecular complexity index is 1790. The summed E-state index contributed by atoms with van der Waals surface area (Å²) in [6.45, 7) is 3.99. The summed E-state index contributed by atoms with van der Waals surface area (Å²) in [5.74, 6) is 0.347. The number of Topliss-reactive ketones (excluding diaryl/α,β-unsaturated/α-hetero) is 1. The first-order chi connectivity index (χ1) is 21.8. The Morgan fingerprint density at radius 3 is 2.16 bits per heavy atom. The predicted octanol–water partition coefficient (Wildman–Crippen LogP) is 7.30. The van der Waals surface area contributed by atoms with Gasteiger partial charge >= 0.3 is 0 Å². The number of carbonyl (C=O) groups excluding carboxylic acids is 3. The first kappa shape index (κ1) is 30.5. The van der Waals surface area contributed by atoms with E-state index in [9.17, 15) is 14.4 Å². The summed E-state index contributed by atoms with van der Waals surface area (Å²) in [6.07, 6.45) is 7.88. The van der Waals surface area contributed by atoms with Gasteiger partial charge in [-0.15, -0.1) is 0 Å². The van der Waals surface area contributed by atoms with E-state index in [1.807, 2.05) is 56.3 Å². The highest BCUT2D eigenvalue weighted by molar-refractivity contribution is 6.04. The molecule has 2 aromatic carbocycles. The zero-order chi connectivity index (χ0) is 31.7. The van der Waals surface area contributed by atoms with Gasteiger partial charge in [-0.25, -0.2) is 0 Å². The number of ketones is 1. The second kappa shape index (κ2) is 12.8. The fourth-order valence-electron chi connectivity index (χ4n) is 6.06. The summed E-state index contributed by atoms with van der Waals surface area (Å²) in [7, 11) is 3.18. The van der Waals surface area contributed by atoms with Crippen LogP contribution >= 0.6 is 0 Å². The number of nitrogens with one attached hydrogen (secondary N) is 1. The first-order valence-electron chi connectivity index (χ1n) is 15.4. The monoisotopic (exact) mass is 603 g/mol. The number of hydrogen-bond acceptors (Lipinski definition) is 7. The summed E-state index contributed by atoms with van der Waals surface area (Å²) in [4.78, 5) is 47.0. The molecule has 1 amide bonds. The molecule has 2 heterocycles. The molecule has 4 aromatic rings. The molecule has 0 aliphatic heterocycles. The highest BCUT2D eigenvalue weighted by Crippen LogP contribution is 2.44. The molecule has 0 bridgehead atoms. The topological polar surface area (TPSA) is 107 Å². The third-order valence-electron chi connectivity index (χ3n) is 8.97. The van der Waals surface area contributed by atoms with Gasteiger partial charge in [0.15, 0.2) is 18.4 Å². The lowest BCUT2D eigenvalue weighted by Gasteiger charge is -2.18. The van der Waals surface area contributed by atoms with E-state index in [-0.39, 0.29) is 18.1 Å². The van der Waals surface area contributed by atoms with Crippen LogP contribution in [0.2, 0.25) is 0 Å². The lowest BCUT2D eigenvalue weighted by molar-refractivity contribution is -0.106. The highest BCUT2D eigenvalue weighted by Gasteiger charge is 2.30. The molecular weight excluding hydrogens is 566 g/mol. The summed E-state index contributed by atoms with van der Waals surface area (Å²) in [5.41, 5.74) is 9.56. The summed E-state index contributed by atoms with van der Waals surface area (Å²) in [5, 5.41) is 3.07. The van der Waals surface area contributed by atoms with Gasteiger partial charge in [-0.1, -0.05) is 30.3 Å². The number of ether oxygens (including phenoxy) is 2. The predicted molar refractivity (Wildman–Crippen MR) is 172 cm³/mol. The molecule has 230 valence electrons. The van der Waals surface area contributed by atoms with E-state index in [1.54, 1.807) is 26.5 Å². The number of pyridine rings is 2. The third-order valence-corrected chi connectivity index (χ3v) is 8.97. The molecule has 0 saturated heterocycles. The van der Waals surface area contributed by atoms with Crippen LogP contribution in [0.5, 0.6) is 0 Å². The van der Waals surface area contributed by atoms with E-state index in [1.165, 1.54) is 6.20 Å². The Morgan fingerprint density at radius 1 is 0.867 bits per heavy atom. The van der Waals surface area contributed by atoms with E-state index in [0.29, 0.717) is 34.5 Å². The van der Waals surface area contributed by atoms with Gasteiger partial charge < -0.3 is 14.8 Å². The quantitative estimate of drug-likeness (QED) is 0.103. The Hall–Kier alpha value is -4.53. The second-order valence-corrected chi connectivity index (χ2v) is 12.0. The van der Waals surface area contributed by atoms with Crippen molar-refractivity contribution in [2.75, 3.05) is 19.5 Å². The maximum atomic E-state index is 13.4. The standard InChI is InChI=1S/C37H37N3O5/c1-21-25(15-35(42)33-16-29(23-11-12-23)26(20-41)18-38-33)7-5-8-27(21)28-9-6-10-32(22(28)2)40-36(43)34-17-30(24-13-14-24)31(19-39-34)37(44-3)45-4/h5-10,16-20,23-24,37H,11-15H2,1-4H3,(H,40,43). The highest BCUT2D eigenvalue weighted by atomic mass is 16.7. The zero-order valence-electron chi connectivity index (χ0n) is 26.1. The molecule has 8 nitrogen and oxygen atoms in total. The number of amides is 1. The van der Waals surface area contributed by atoms with Crippen molar-refractivity contribution in [1.82, 2.24) is 9.97 Å². The Morgan fingerprint density at radius 2 is 1.49 bits per heavy atom. The molecule has 0 spiro atoms. The summed E-state index contributed by atoms with van der Waals surface area (Å²) in [6, 6.07) is 15.4. The van der Waals surface area contributed by atoms with Crippen molar-refractivity contribution in [3.8, 4) is 11.1 Å². The molecule has 2 aliphatic carbocycles. The van der Waals surface area contributed by atoms with Crippen LogP contribution in [0.25, 0.3) is 11.1 Å². The van der Waals surface area contributed by atoms with Crippen LogP contribution < -0.4 is 5.32 Å². The van der Waals surface area contributed by atoms with Crippen molar-refractivity contribution in [2.45, 2.75) is 64.1 Å². The SMILES string of the molecule is COC(OC)c1cnc(C(=O)Nc2cccc(-c3cccc(CC(=O)c4cc(C5CC5)c(C=O)cn4)c3C)c2C)cc1C1CC1. The van der Waals surface area contributed by atoms with Crippen molar-refractivity contribution in [3.63, 3.8) is 0 Å². The lowest BCUT2D eigenvalue weighted by Crippen LogP contribution is -2.16. The molecule has 2 fully saturated rings. The van der Waals surface area contributed by atoms with Crippen molar-refractivity contribution in [3.05, 3.63) is 111 Å². The number of rotatable bonds is 12. The van der Waals surface area contributed by atoms with Gasteiger partial charge in [0.2, 0.25) is 0 Å². The average molecular weight is 604 g/mol. The minimum absolute atomic E-state index is 0.0845. The Balaban J connectivity index is 1.23. The number of aldehydes is 1. The van der Waals surface area contributed by atoms with Gasteiger partial charge in [0.05, 0.1) is 0 Å². The zero-order valence-corrected chi connectivity index (χ0v) is 26.1. The maximum absolute atomic E-state index is 13.4. The van der Waals surface area contributed by atoms with Crippen molar-refractivity contribution < 1.29 is 23.9 Å². The van der Waals surface area contributed by atoms with Gasteiger partial charge in [0.25, 0.3) is 5.91 Å². The molecule has 6 rings (SSSR count). The molecule has 0 unspecified atom stereocenters. The summed E-state index contributed by atoms with van der Waals surface area (Å²) >= 11 is 0. The first-order valence-corrected chi connectivity index (χ1v) is 15.4. The molecule has 2 aromatic heterocycles. The van der Waals surface area contributed by atoms with Gasteiger partial charge in [-0.05, 0) is 109 Å². The van der Waals surface area contributed by atoms with Crippen LogP contribution in [0.1, 0.15) is 109 Å². The van der Waals surface area contributed by atoms with E-state index >= 15 is 0 Å². The van der Waals surface area contributed by atoms with Crippen LogP contribution in [-0.2, 0) is 15.9 Å². The normalized spacial score (nSPS) is 14.4. The number of nitrogens with zero attached hydrogens (tertiary/aromatic N) is 2. The van der Waals surface area contributed by atoms with Crippen molar-refractivity contribution >= 4 is 23.7 Å². The van der Waals surface area contributed by atoms with Crippen LogP contribution in [0.4, 0.5) is 5.69 Å². The van der Waals surface area contributed by atoms with E-state index in [4.69, 9.17) is 9.47 Å². The number of carbonyl (C=O) groups is 3. The number of anilines is 1. The molecule has 45 heavy (non-hydrogen) atoms. The van der Waals surface area contributed by atoms with Gasteiger partial charge in [-0.3, -0.25) is 24.4 Å². The number of aromatic nitrogens is 2. The Kier molecular flexibility index (Phi) is 8.70. The molecule has 1 N–H and O–H groups in total. The molecule has 0 atom stereocenters. The largest absolute Gasteiger partial charge is 0.352 e. The maximum Gasteiger partial charge on any atom is 0.274 e. The number of hydrogen-bond donors (Lipinski definition) is 1. The minimum Gasteiger partial charge on any atom is -0.352 e. The van der Waals surface area contributed by atoms with Crippen LogP contribution in [0.3, 0.4) is 0 Å². The second-order valence-electron chi connectivity index (χ2n) is 12.0. The van der Waals surface area contributed by atoms with Crippen LogP contribution in [-0.4, -0.2) is 42.2 Å². The van der Waals surface area contributed by atoms with E-state index in [0.717, 1.165) is 76.5 Å². The van der Waals surface area contributed by atoms with Crippen LogP contribution in [0.15, 0.2) is 60.9 Å². The van der Waals surface area contributed by atoms with Gasteiger partial charge in [0, 0.05) is 49.8 Å². The van der Waals surface area contributed by atoms with E-state index < -0.39 is 6.29 Å². The fourth-order valence-corrected chi connectivity index (χ4v) is 6.06. The molecule has 2 aliphatic rings. The number of benzene rings is 2. The van der Waals surface area contributed by atoms with Crippen LogP contribution in [0, 0.1) is 13.8 Å². The van der Waals surface area contributed by atoms with Gasteiger partial charge in [-0.2, -0.15) is 0 Å². The molecule has 0 radical (unpaired) electrons. The van der Waals surface area contributed by atoms with Gasteiger partial charge in [0.1, 0.15) is 11.4 Å². The molecule has 2 saturated carbocycles. The lowest BCUT2D eigenvalue weighted by atomic mass is 9.91. The van der Waals surface area contributed by atoms with E-state index in [2.05, 4.69) is 15.3 Å². The smallest absolute Gasteiger partial charge is 0.274 e.